The molecule has 0 spiro atoms. The molecule has 0 rings (SSSR count). The molecule has 0 atom stereocenters. The fraction of sp³-hybridized carbons (Fsp3) is 1.00. The Labute approximate surface area is 90.6 Å². The van der Waals surface area contributed by atoms with E-state index in [0.29, 0.717) is 0 Å². The third kappa shape index (κ3) is 1310. The zero-order valence-corrected chi connectivity index (χ0v) is 5.81. The molecule has 0 aliphatic heterocycles. The molecule has 8 heteroatoms. The molecule has 0 amide bonds. The summed E-state index contributed by atoms with van der Waals surface area (Å²) >= 11 is 0. The van der Waals surface area contributed by atoms with Crippen molar-refractivity contribution >= 4 is 0 Å². The van der Waals surface area contributed by atoms with Gasteiger partial charge >= 0.3 is 17.1 Å². The van der Waals surface area contributed by atoms with Crippen LogP contribution in [0.4, 0.5) is 0 Å². The first-order chi connectivity index (χ1) is 1.00. The summed E-state index contributed by atoms with van der Waals surface area (Å²) < 4.78 is 0. The fourth-order valence-electron chi connectivity index (χ4n) is 0. The molecular formula is C3H24Fe2O6+2. The standard InChI is InChI=1S/3CH4.2Fe.H2O2.4H2O.H2/c;;;;;1-2;;;;;/h3*1H4;;;1-2H;4*1H2;1H/q;;;;+2;;;;;;/i;;;;;;;;;;1+1. The second-order valence-corrected chi connectivity index (χ2v) is 0. The SMILES string of the molecule is C.C.C.O.O.O.O.OO.[2HH].[Fe+2].[Fe]. The maximum atomic E-state index is 6.00. The van der Waals surface area contributed by atoms with Crippen LogP contribution in [-0.2, 0) is 34.1 Å². The van der Waals surface area contributed by atoms with Crippen LogP contribution in [-0.4, -0.2) is 32.4 Å². The fourth-order valence-corrected chi connectivity index (χ4v) is 0. The quantitative estimate of drug-likeness (QED) is 0.322. The summed E-state index contributed by atoms with van der Waals surface area (Å²) in [4.78, 5) is 0. The first kappa shape index (κ1) is 425. The molecule has 6 nitrogen and oxygen atoms in total. The molecule has 10 N–H and O–H groups in total. The van der Waals surface area contributed by atoms with Gasteiger partial charge in [-0.15, -0.1) is 0 Å². The minimum absolute atomic E-state index is 0. The van der Waals surface area contributed by atoms with Crippen LogP contribution < -0.4 is 0 Å². The Balaban J connectivity index is -0.000000000111. The molecule has 0 aromatic rings. The molecule has 86 valence electrons. The van der Waals surface area contributed by atoms with Crippen molar-refractivity contribution in [2.24, 2.45) is 0 Å². The Hall–Kier alpha value is 0.799. The zero-order chi connectivity index (χ0) is 2.00. The normalized spacial score (nSPS) is 0.545. The van der Waals surface area contributed by atoms with Gasteiger partial charge in [-0.3, -0.25) is 10.5 Å². The molecule has 0 bridgehead atoms. The van der Waals surface area contributed by atoms with Crippen LogP contribution in [0.2, 0.25) is 0 Å². The minimum Gasteiger partial charge on any atom is -0.412 e. The second-order valence-electron chi connectivity index (χ2n) is 0. The first-order valence-corrected chi connectivity index (χ1v) is 0.200. The molecule has 0 saturated carbocycles. The Bertz CT molecular complexity index is 20.8. The van der Waals surface area contributed by atoms with E-state index in [0.717, 1.165) is 0 Å². The van der Waals surface area contributed by atoms with Gasteiger partial charge in [-0.2, -0.15) is 0 Å². The third-order valence-corrected chi connectivity index (χ3v) is 0. The van der Waals surface area contributed by atoms with Crippen LogP contribution in [0.3, 0.4) is 0 Å². The van der Waals surface area contributed by atoms with Gasteiger partial charge in [-0.25, -0.2) is 0 Å². The summed E-state index contributed by atoms with van der Waals surface area (Å²) in [5.74, 6) is 0. The Morgan fingerprint density at radius 1 is 0.636 bits per heavy atom. The summed E-state index contributed by atoms with van der Waals surface area (Å²) in [7, 11) is 0. The number of rotatable bonds is 0. The Morgan fingerprint density at radius 3 is 0.636 bits per heavy atom. The molecule has 0 radical (unpaired) electrons. The van der Waals surface area contributed by atoms with Crippen molar-refractivity contribution in [2.75, 3.05) is 0 Å². The van der Waals surface area contributed by atoms with Crippen LogP contribution in [0.25, 0.3) is 0 Å². The van der Waals surface area contributed by atoms with Crippen molar-refractivity contribution in [3.63, 3.8) is 0 Å². The molecule has 0 aromatic carbocycles. The van der Waals surface area contributed by atoms with Crippen LogP contribution in [0, 0.1) is 0 Å². The van der Waals surface area contributed by atoms with Crippen molar-refractivity contribution in [3.05, 3.63) is 0 Å². The maximum Gasteiger partial charge on any atom is 2.00 e. The molecule has 11 heavy (non-hydrogen) atoms. The number of hydrogen-bond acceptors (Lipinski definition) is 2. The zero-order valence-electron chi connectivity index (χ0n) is 3.60. The number of hydrogen-bond donors (Lipinski definition) is 2. The van der Waals surface area contributed by atoms with E-state index >= 15 is 0 Å². The van der Waals surface area contributed by atoms with Crippen molar-refractivity contribution in [2.45, 2.75) is 22.3 Å². The van der Waals surface area contributed by atoms with Gasteiger partial charge in [0.2, 0.25) is 0 Å². The van der Waals surface area contributed by atoms with Crippen molar-refractivity contribution < 1.29 is 68.0 Å². The van der Waals surface area contributed by atoms with Crippen LogP contribution in [0.1, 0.15) is 23.7 Å². The van der Waals surface area contributed by atoms with Gasteiger partial charge in [0, 0.05) is 18.5 Å². The van der Waals surface area contributed by atoms with Gasteiger partial charge in [-0.05, 0) is 0 Å². The average molecular weight is 269 g/mol. The summed E-state index contributed by atoms with van der Waals surface area (Å²) in [6.45, 7) is 0. The van der Waals surface area contributed by atoms with Crippen LogP contribution in [0.5, 0.6) is 0 Å². The summed E-state index contributed by atoms with van der Waals surface area (Å²) in [6, 6.07) is 0. The minimum atomic E-state index is 0. The second kappa shape index (κ2) is 1620. The van der Waals surface area contributed by atoms with E-state index in [1.54, 1.807) is 0 Å². The Kier molecular flexibility index (Phi) is 62800. The van der Waals surface area contributed by atoms with E-state index < -0.39 is 0 Å². The van der Waals surface area contributed by atoms with Crippen LogP contribution >= 0.6 is 0 Å². The van der Waals surface area contributed by atoms with Crippen molar-refractivity contribution in [3.8, 4) is 0 Å². The van der Waals surface area contributed by atoms with E-state index in [2.05, 4.69) is 0 Å². The van der Waals surface area contributed by atoms with E-state index in [-0.39, 0.29) is 79.7 Å². The van der Waals surface area contributed by atoms with E-state index in [9.17, 15) is 0 Å². The van der Waals surface area contributed by atoms with E-state index in [1.165, 1.54) is 0 Å². The predicted molar refractivity (Wildman–Crippen MR) is 42.0 cm³/mol. The smallest absolute Gasteiger partial charge is 0.412 e. The molecule has 0 aliphatic rings. The Morgan fingerprint density at radius 2 is 0.636 bits per heavy atom. The molecular weight excluding hydrogens is 244 g/mol. The summed E-state index contributed by atoms with van der Waals surface area (Å²) in [5.41, 5.74) is 0. The summed E-state index contributed by atoms with van der Waals surface area (Å²) in [6.07, 6.45) is 0. The van der Waals surface area contributed by atoms with Crippen molar-refractivity contribution in [1.29, 1.82) is 0 Å². The molecule has 0 unspecified atom stereocenters. The molecule has 0 heterocycles. The summed E-state index contributed by atoms with van der Waals surface area (Å²) in [5, 5.41) is 12.0. The first-order valence-electron chi connectivity index (χ1n) is 0.200. The van der Waals surface area contributed by atoms with Gasteiger partial charge in [0.1, 0.15) is 0 Å². The van der Waals surface area contributed by atoms with Crippen LogP contribution in [0.15, 0.2) is 0 Å². The van der Waals surface area contributed by atoms with E-state index in [1.807, 2.05) is 0 Å². The van der Waals surface area contributed by atoms with Gasteiger partial charge in [-0.1, -0.05) is 22.3 Å². The van der Waals surface area contributed by atoms with Gasteiger partial charge in [0.25, 0.3) is 0 Å². The topological polar surface area (TPSA) is 166 Å². The van der Waals surface area contributed by atoms with E-state index in [4.69, 9.17) is 10.5 Å². The molecule has 0 saturated heterocycles. The largest absolute Gasteiger partial charge is 2.00 e. The molecule has 0 fully saturated rings. The maximum absolute atomic E-state index is 6.00. The van der Waals surface area contributed by atoms with Crippen molar-refractivity contribution in [1.82, 2.24) is 0 Å². The monoisotopic (exact) mass is 269 g/mol. The predicted octanol–water partition coefficient (Wildman–Crippen LogP) is -1.13. The third-order valence-electron chi connectivity index (χ3n) is 0. The molecule has 0 aromatic heterocycles. The van der Waals surface area contributed by atoms with Gasteiger partial charge < -0.3 is 21.9 Å². The van der Waals surface area contributed by atoms with Gasteiger partial charge in [0.15, 0.2) is 0 Å². The van der Waals surface area contributed by atoms with Gasteiger partial charge in [0.05, 0.1) is 0 Å². The molecule has 0 aliphatic carbocycles. The average Bonchev–Trinajstić information content (AvgIpc) is 1.00.